The molecule has 0 aromatic heterocycles. The van der Waals surface area contributed by atoms with Gasteiger partial charge in [0, 0.05) is 0 Å². The van der Waals surface area contributed by atoms with Crippen LogP contribution >= 0.6 is 0 Å². The molecule has 1 aromatic carbocycles. The van der Waals surface area contributed by atoms with Crippen LogP contribution in [0.2, 0.25) is 0 Å². The van der Waals surface area contributed by atoms with Gasteiger partial charge in [-0.2, -0.15) is 30.4 Å². The summed E-state index contributed by atoms with van der Waals surface area (Å²) in [7, 11) is -5.49. The highest BCUT2D eigenvalue weighted by molar-refractivity contribution is 7.80. The third kappa shape index (κ3) is 3.85. The van der Waals surface area contributed by atoms with Crippen LogP contribution < -0.4 is 0 Å². The average Bonchev–Trinajstić information content (AvgIpc) is 2.24. The van der Waals surface area contributed by atoms with Gasteiger partial charge in [-0.15, -0.1) is 0 Å². The topological polar surface area (TPSA) is 63.6 Å². The molecule has 0 radical (unpaired) electrons. The van der Waals surface area contributed by atoms with Crippen molar-refractivity contribution in [2.45, 2.75) is 18.2 Å². The van der Waals surface area contributed by atoms with E-state index < -0.39 is 34.2 Å². The first-order chi connectivity index (χ1) is 8.45. The highest BCUT2D eigenvalue weighted by atomic mass is 32.3. The van der Waals surface area contributed by atoms with Crippen LogP contribution in [0.5, 0.6) is 0 Å². The monoisotopic (exact) mass is 306 g/mol. The third-order valence-corrected chi connectivity index (χ3v) is 2.46. The van der Waals surface area contributed by atoms with Gasteiger partial charge in [0.1, 0.15) is 0 Å². The van der Waals surface area contributed by atoms with Crippen LogP contribution in [0.25, 0.3) is 0 Å². The van der Waals surface area contributed by atoms with E-state index >= 15 is 0 Å². The molecule has 0 spiro atoms. The van der Waals surface area contributed by atoms with Gasteiger partial charge in [-0.05, 0) is 5.56 Å². The van der Waals surface area contributed by atoms with Gasteiger partial charge in [-0.25, -0.2) is 4.18 Å². The Morgan fingerprint density at radius 2 is 1.53 bits per heavy atom. The summed E-state index contributed by atoms with van der Waals surface area (Å²) >= 11 is 0. The molecule has 0 heterocycles. The first-order valence-electron chi connectivity index (χ1n) is 4.60. The van der Waals surface area contributed by atoms with E-state index in [1.165, 1.54) is 6.07 Å². The number of hydrogen-bond acceptors (Lipinski definition) is 3. The molecule has 0 aliphatic heterocycles. The number of benzene rings is 1. The predicted molar refractivity (Wildman–Crippen MR) is 52.8 cm³/mol. The van der Waals surface area contributed by atoms with E-state index in [-0.39, 0.29) is 0 Å². The maximum Gasteiger partial charge on any atom is 0.456 e. The Balaban J connectivity index is 3.29. The summed E-state index contributed by atoms with van der Waals surface area (Å²) < 4.78 is 95.7. The molecule has 0 aliphatic carbocycles. The molecular weight excluding hydrogens is 299 g/mol. The van der Waals surface area contributed by atoms with Crippen LogP contribution in [0, 0.1) is 0 Å². The van der Waals surface area contributed by atoms with Gasteiger partial charge < -0.3 is 0 Å². The molecule has 0 aliphatic rings. The van der Waals surface area contributed by atoms with Crippen LogP contribution in [0.1, 0.15) is 11.7 Å². The summed E-state index contributed by atoms with van der Waals surface area (Å²) in [6, 6.07) is 5.18. The second kappa shape index (κ2) is 5.02. The second-order valence-electron chi connectivity index (χ2n) is 3.44. The third-order valence-electron chi connectivity index (χ3n) is 2.03. The zero-order valence-corrected chi connectivity index (χ0v) is 9.75. The Kier molecular flexibility index (Phi) is 4.17. The fourth-order valence-corrected chi connectivity index (χ4v) is 1.70. The van der Waals surface area contributed by atoms with Crippen molar-refractivity contribution in [3.63, 3.8) is 0 Å². The van der Waals surface area contributed by atoms with Crippen molar-refractivity contribution in [2.24, 2.45) is 0 Å². The minimum Gasteiger partial charge on any atom is -0.264 e. The van der Waals surface area contributed by atoms with Crippen LogP contribution in [0.4, 0.5) is 22.0 Å². The molecular formula is C9H7F5O4S. The number of hydrogen-bond donors (Lipinski definition) is 1. The summed E-state index contributed by atoms with van der Waals surface area (Å²) in [5.41, 5.74) is -0.748. The standard InChI is InChI=1S/C9H7F5O4S/c10-8(11,9(12,13)14)7(18-19(15,16)17)6-4-2-1-3-5-6/h1-5,7H,(H,15,16,17). The molecule has 1 unspecified atom stereocenters. The predicted octanol–water partition coefficient (Wildman–Crippen LogP) is 2.74. The Morgan fingerprint density at radius 1 is 1.05 bits per heavy atom. The van der Waals surface area contributed by atoms with Gasteiger partial charge in [-0.3, -0.25) is 4.55 Å². The lowest BCUT2D eigenvalue weighted by molar-refractivity contribution is -0.311. The summed E-state index contributed by atoms with van der Waals surface area (Å²) in [6.07, 6.45) is -9.25. The first-order valence-corrected chi connectivity index (χ1v) is 5.97. The van der Waals surface area contributed by atoms with Crippen LogP contribution in [0.3, 0.4) is 0 Å². The molecule has 1 N–H and O–H groups in total. The van der Waals surface area contributed by atoms with Crippen molar-refractivity contribution in [1.29, 1.82) is 0 Å². The lowest BCUT2D eigenvalue weighted by Gasteiger charge is -2.27. The van der Waals surface area contributed by atoms with E-state index in [0.29, 0.717) is 0 Å². The number of halogens is 5. The Labute approximate surface area is 104 Å². The second-order valence-corrected chi connectivity index (χ2v) is 4.48. The van der Waals surface area contributed by atoms with Crippen LogP contribution in [0.15, 0.2) is 30.3 Å². The van der Waals surface area contributed by atoms with Gasteiger partial charge in [0.25, 0.3) is 0 Å². The van der Waals surface area contributed by atoms with E-state index in [4.69, 9.17) is 4.55 Å². The highest BCUT2D eigenvalue weighted by Crippen LogP contribution is 2.46. The molecule has 10 heteroatoms. The molecule has 0 saturated heterocycles. The summed E-state index contributed by atoms with van der Waals surface area (Å²) in [6.45, 7) is 0. The van der Waals surface area contributed by atoms with Gasteiger partial charge in [0.2, 0.25) is 0 Å². The van der Waals surface area contributed by atoms with E-state index in [0.717, 1.165) is 24.3 Å². The van der Waals surface area contributed by atoms with Crippen LogP contribution in [-0.2, 0) is 14.6 Å². The lowest BCUT2D eigenvalue weighted by atomic mass is 10.0. The van der Waals surface area contributed by atoms with Crippen molar-refractivity contribution in [2.75, 3.05) is 0 Å². The molecule has 0 bridgehead atoms. The summed E-state index contributed by atoms with van der Waals surface area (Å²) in [5, 5.41) is 0. The fourth-order valence-electron chi connectivity index (χ4n) is 1.22. The van der Waals surface area contributed by atoms with E-state index in [1.54, 1.807) is 0 Å². The molecule has 0 amide bonds. The Hall–Kier alpha value is -1.26. The number of alkyl halides is 5. The quantitative estimate of drug-likeness (QED) is 0.686. The summed E-state index contributed by atoms with van der Waals surface area (Å²) in [4.78, 5) is 0. The van der Waals surface area contributed by atoms with Crippen molar-refractivity contribution in [1.82, 2.24) is 0 Å². The van der Waals surface area contributed by atoms with E-state index in [9.17, 15) is 30.4 Å². The maximum absolute atomic E-state index is 13.2. The normalized spacial score (nSPS) is 15.3. The van der Waals surface area contributed by atoms with E-state index in [2.05, 4.69) is 4.18 Å². The smallest absolute Gasteiger partial charge is 0.264 e. The molecule has 1 atom stereocenters. The average molecular weight is 306 g/mol. The molecule has 19 heavy (non-hydrogen) atoms. The SMILES string of the molecule is O=S(=O)(O)OC(c1ccccc1)C(F)(F)C(F)(F)F. The van der Waals surface area contributed by atoms with Crippen molar-refractivity contribution in [3.05, 3.63) is 35.9 Å². The molecule has 0 saturated carbocycles. The molecule has 108 valence electrons. The molecule has 1 aromatic rings. The zero-order valence-electron chi connectivity index (χ0n) is 8.93. The number of rotatable bonds is 4. The minimum absolute atomic E-state index is 0.748. The Bertz CT molecular complexity index is 525. The zero-order chi connectivity index (χ0) is 14.9. The van der Waals surface area contributed by atoms with Gasteiger partial charge in [0.05, 0.1) is 0 Å². The van der Waals surface area contributed by atoms with Gasteiger partial charge in [-0.1, -0.05) is 30.3 Å². The molecule has 0 fully saturated rings. The Morgan fingerprint density at radius 3 is 1.89 bits per heavy atom. The highest BCUT2D eigenvalue weighted by Gasteiger charge is 2.64. The van der Waals surface area contributed by atoms with Crippen molar-refractivity contribution in [3.8, 4) is 0 Å². The van der Waals surface area contributed by atoms with Crippen molar-refractivity contribution < 1.29 is 39.1 Å². The largest absolute Gasteiger partial charge is 0.456 e. The van der Waals surface area contributed by atoms with E-state index in [1.807, 2.05) is 0 Å². The lowest BCUT2D eigenvalue weighted by Crippen LogP contribution is -2.43. The molecule has 4 nitrogen and oxygen atoms in total. The van der Waals surface area contributed by atoms with Gasteiger partial charge >= 0.3 is 22.5 Å². The minimum atomic E-state index is -6.04. The maximum atomic E-state index is 13.2. The first kappa shape index (κ1) is 15.8. The van der Waals surface area contributed by atoms with Gasteiger partial charge in [0.15, 0.2) is 6.10 Å². The van der Waals surface area contributed by atoms with Crippen molar-refractivity contribution >= 4 is 10.4 Å². The fraction of sp³-hybridized carbons (Fsp3) is 0.333. The van der Waals surface area contributed by atoms with Crippen LogP contribution in [-0.4, -0.2) is 25.1 Å². The summed E-state index contributed by atoms with van der Waals surface area (Å²) in [5.74, 6) is -5.50. The molecule has 1 rings (SSSR count).